The average Bonchev–Trinajstić information content (AvgIpc) is 2.00. The Bertz CT molecular complexity index is 121. The van der Waals surface area contributed by atoms with Crippen molar-refractivity contribution < 1.29 is 9.53 Å². The highest BCUT2D eigenvalue weighted by Crippen LogP contribution is 2.00. The summed E-state index contributed by atoms with van der Waals surface area (Å²) in [6, 6.07) is -0.491. The van der Waals surface area contributed by atoms with Crippen LogP contribution in [0.25, 0.3) is 0 Å². The molecule has 0 aromatic carbocycles. The van der Waals surface area contributed by atoms with Gasteiger partial charge in [0.1, 0.15) is 12.0 Å². The molecule has 0 saturated heterocycles. The van der Waals surface area contributed by atoms with Crippen molar-refractivity contribution in [3.05, 3.63) is 0 Å². The lowest BCUT2D eigenvalue weighted by molar-refractivity contribution is -0.142. The van der Waals surface area contributed by atoms with Gasteiger partial charge in [0.15, 0.2) is 0 Å². The van der Waals surface area contributed by atoms with Crippen LogP contribution in [0.3, 0.4) is 0 Å². The molecule has 0 aromatic rings. The molecule has 5 heteroatoms. The first kappa shape index (κ1) is 11.1. The van der Waals surface area contributed by atoms with E-state index in [0.29, 0.717) is 6.42 Å². The van der Waals surface area contributed by atoms with Gasteiger partial charge in [-0.3, -0.25) is 4.79 Å². The van der Waals surface area contributed by atoms with Crippen molar-refractivity contribution in [1.29, 1.82) is 0 Å². The van der Waals surface area contributed by atoms with Gasteiger partial charge in [0.2, 0.25) is 0 Å². The van der Waals surface area contributed by atoms with E-state index in [2.05, 4.69) is 17.4 Å². The number of hydrogen-bond donors (Lipinski definition) is 2. The highest BCUT2D eigenvalue weighted by Gasteiger charge is 2.12. The maximum Gasteiger partial charge on any atom is 0.323 e. The lowest BCUT2D eigenvalue weighted by atomic mass is 10.2. The lowest BCUT2D eigenvalue weighted by Gasteiger charge is -2.08. The Morgan fingerprint density at radius 1 is 1.82 bits per heavy atom. The number of carbonyl (C=O) groups excluding carboxylic acids is 1. The number of rotatable bonds is 5. The van der Waals surface area contributed by atoms with Gasteiger partial charge in [-0.05, 0) is 18.4 Å². The predicted molar refractivity (Wildman–Crippen MR) is 50.9 cm³/mol. The number of nitrogens with two attached hydrogens (primary N) is 1. The van der Waals surface area contributed by atoms with Gasteiger partial charge in [-0.1, -0.05) is 0 Å². The Balaban J connectivity index is 3.46. The molecule has 0 fully saturated rings. The fraction of sp³-hybridized carbons (Fsp3) is 0.833. The Kier molecular flexibility index (Phi) is 6.90. The van der Waals surface area contributed by atoms with E-state index in [1.165, 1.54) is 0 Å². The van der Waals surface area contributed by atoms with E-state index in [-0.39, 0.29) is 11.9 Å². The molecule has 0 aliphatic heterocycles. The van der Waals surface area contributed by atoms with Crippen LogP contribution in [-0.4, -0.2) is 30.0 Å². The fourth-order valence-corrected chi connectivity index (χ4v) is 1.15. The number of thioether (sulfide) groups is 1. The minimum Gasteiger partial charge on any atom is -0.454 e. The van der Waals surface area contributed by atoms with Gasteiger partial charge in [-0.25, -0.2) is 0 Å². The van der Waals surface area contributed by atoms with Gasteiger partial charge in [-0.15, -0.1) is 12.6 Å². The third kappa shape index (κ3) is 5.41. The Morgan fingerprint density at radius 3 is 2.91 bits per heavy atom. The molecule has 2 N–H and O–H groups in total. The maximum absolute atomic E-state index is 10.8. The number of carbonyl (C=O) groups is 1. The van der Waals surface area contributed by atoms with Gasteiger partial charge in [0.05, 0.1) is 0 Å². The van der Waals surface area contributed by atoms with Crippen molar-refractivity contribution in [1.82, 2.24) is 0 Å². The lowest BCUT2D eigenvalue weighted by Crippen LogP contribution is -2.32. The third-order valence-electron chi connectivity index (χ3n) is 1.14. The summed E-state index contributed by atoms with van der Waals surface area (Å²) in [7, 11) is 0. The highest BCUT2D eigenvalue weighted by atomic mass is 32.2. The Labute approximate surface area is 76.5 Å². The summed E-state index contributed by atoms with van der Waals surface area (Å²) in [5.74, 6) is 0.614. The van der Waals surface area contributed by atoms with Gasteiger partial charge >= 0.3 is 5.97 Å². The molecule has 0 saturated carbocycles. The number of thiol groups is 1. The van der Waals surface area contributed by atoms with Gasteiger partial charge in [0.25, 0.3) is 0 Å². The second-order valence-electron chi connectivity index (χ2n) is 1.98. The molecule has 11 heavy (non-hydrogen) atoms. The fourth-order valence-electron chi connectivity index (χ4n) is 0.533. The van der Waals surface area contributed by atoms with Crippen molar-refractivity contribution in [3.8, 4) is 0 Å². The van der Waals surface area contributed by atoms with Crippen molar-refractivity contribution in [2.24, 2.45) is 5.73 Å². The molecule has 0 aliphatic carbocycles. The first-order chi connectivity index (χ1) is 5.22. The summed E-state index contributed by atoms with van der Waals surface area (Å²) in [6.45, 7) is 0. The molecular formula is C6H13NO2S2. The summed E-state index contributed by atoms with van der Waals surface area (Å²) in [5, 5.41) is 0. The highest BCUT2D eigenvalue weighted by molar-refractivity contribution is 7.98. The molecule has 66 valence electrons. The van der Waals surface area contributed by atoms with Crippen LogP contribution in [0.1, 0.15) is 6.42 Å². The second kappa shape index (κ2) is 6.82. The van der Waals surface area contributed by atoms with Crippen LogP contribution in [0.15, 0.2) is 0 Å². The van der Waals surface area contributed by atoms with Gasteiger partial charge < -0.3 is 10.5 Å². The largest absolute Gasteiger partial charge is 0.454 e. The Hall–Kier alpha value is 0.130. The first-order valence-corrected chi connectivity index (χ1v) is 5.27. The number of ether oxygens (including phenoxy) is 1. The summed E-state index contributed by atoms with van der Waals surface area (Å²) < 4.78 is 4.59. The minimum atomic E-state index is -0.491. The van der Waals surface area contributed by atoms with E-state index in [4.69, 9.17) is 5.73 Å². The van der Waals surface area contributed by atoms with Crippen LogP contribution in [0, 0.1) is 0 Å². The van der Waals surface area contributed by atoms with Crippen molar-refractivity contribution in [2.75, 3.05) is 17.9 Å². The van der Waals surface area contributed by atoms with E-state index in [1.54, 1.807) is 11.8 Å². The van der Waals surface area contributed by atoms with Crippen molar-refractivity contribution in [2.45, 2.75) is 12.5 Å². The smallest absolute Gasteiger partial charge is 0.323 e. The van der Waals surface area contributed by atoms with Crippen molar-refractivity contribution in [3.63, 3.8) is 0 Å². The van der Waals surface area contributed by atoms with Crippen LogP contribution in [0.4, 0.5) is 0 Å². The molecule has 0 amide bonds. The quantitative estimate of drug-likeness (QED) is 0.381. The second-order valence-corrected chi connectivity index (χ2v) is 3.22. The molecule has 0 rings (SSSR count). The molecule has 0 unspecified atom stereocenters. The first-order valence-electron chi connectivity index (χ1n) is 3.24. The summed E-state index contributed by atoms with van der Waals surface area (Å²) >= 11 is 5.40. The summed E-state index contributed by atoms with van der Waals surface area (Å²) in [5.41, 5.74) is 5.47. The van der Waals surface area contributed by atoms with E-state index >= 15 is 0 Å². The molecule has 0 radical (unpaired) electrons. The molecule has 0 spiro atoms. The molecular weight excluding hydrogens is 182 g/mol. The zero-order valence-electron chi connectivity index (χ0n) is 6.45. The van der Waals surface area contributed by atoms with E-state index in [1.807, 2.05) is 6.26 Å². The molecule has 3 nitrogen and oxygen atoms in total. The van der Waals surface area contributed by atoms with Gasteiger partial charge in [-0.2, -0.15) is 11.8 Å². The summed E-state index contributed by atoms with van der Waals surface area (Å²) in [4.78, 5) is 10.8. The number of hydrogen-bond acceptors (Lipinski definition) is 5. The summed E-state index contributed by atoms with van der Waals surface area (Å²) in [6.07, 6.45) is 2.63. The molecule has 0 aromatic heterocycles. The molecule has 0 heterocycles. The van der Waals surface area contributed by atoms with Crippen LogP contribution < -0.4 is 5.73 Å². The van der Waals surface area contributed by atoms with Crippen LogP contribution >= 0.6 is 24.4 Å². The maximum atomic E-state index is 10.8. The molecule has 1 atom stereocenters. The number of esters is 1. The SMILES string of the molecule is CSCC[C@H](N)C(=O)OCS. The monoisotopic (exact) mass is 195 g/mol. The van der Waals surface area contributed by atoms with Crippen LogP contribution in [-0.2, 0) is 9.53 Å². The molecule has 0 aliphatic rings. The third-order valence-corrected chi connectivity index (χ3v) is 1.92. The standard InChI is InChI=1S/C6H13NO2S2/c1-11-3-2-5(7)6(8)9-4-10/h5,10H,2-4,7H2,1H3/t5-/m0/s1. The van der Waals surface area contributed by atoms with Gasteiger partial charge in [0, 0.05) is 0 Å². The molecule has 0 bridgehead atoms. The normalized spacial score (nSPS) is 12.6. The van der Waals surface area contributed by atoms with E-state index in [9.17, 15) is 4.79 Å². The van der Waals surface area contributed by atoms with Crippen LogP contribution in [0.5, 0.6) is 0 Å². The van der Waals surface area contributed by atoms with E-state index in [0.717, 1.165) is 5.75 Å². The predicted octanol–water partition coefficient (Wildman–Crippen LogP) is 0.497. The van der Waals surface area contributed by atoms with Crippen LogP contribution in [0.2, 0.25) is 0 Å². The van der Waals surface area contributed by atoms with E-state index < -0.39 is 6.04 Å². The Morgan fingerprint density at radius 2 is 2.45 bits per heavy atom. The zero-order chi connectivity index (χ0) is 8.69. The minimum absolute atomic E-state index is 0.103. The topological polar surface area (TPSA) is 52.3 Å². The average molecular weight is 195 g/mol. The van der Waals surface area contributed by atoms with Crippen molar-refractivity contribution >= 4 is 30.4 Å². The zero-order valence-corrected chi connectivity index (χ0v) is 8.16.